The number of rotatable bonds is 6. The minimum Gasteiger partial charge on any atom is -0.348 e. The Bertz CT molecular complexity index is 1130. The van der Waals surface area contributed by atoms with E-state index in [9.17, 15) is 32.3 Å². The number of nitrogens with one attached hydrogen (secondary N) is 3. The van der Waals surface area contributed by atoms with Crippen LogP contribution in [0.5, 0.6) is 0 Å². The van der Waals surface area contributed by atoms with Crippen molar-refractivity contribution in [3.05, 3.63) is 60.3 Å². The fourth-order valence-electron chi connectivity index (χ4n) is 2.54. The highest BCUT2D eigenvalue weighted by Gasteiger charge is 2.40. The summed E-state index contributed by atoms with van der Waals surface area (Å²) in [5.41, 5.74) is -3.25. The molecule has 0 radical (unpaired) electrons. The molecular formula is C18H17Cl2F3N4O4. The first-order valence-electron chi connectivity index (χ1n) is 8.77. The maximum atomic E-state index is 12.6. The summed E-state index contributed by atoms with van der Waals surface area (Å²) in [4.78, 5) is 49.8. The van der Waals surface area contributed by atoms with E-state index in [1.807, 2.05) is 4.98 Å². The monoisotopic (exact) mass is 480 g/mol. The normalized spacial score (nSPS) is 12.4. The van der Waals surface area contributed by atoms with Crippen LogP contribution in [0, 0.1) is 0 Å². The number of carbonyl (C=O) groups excluding carboxylic acids is 2. The third-order valence-electron chi connectivity index (χ3n) is 4.26. The molecule has 13 heteroatoms. The molecular weight excluding hydrogens is 464 g/mol. The number of benzene rings is 1. The zero-order chi connectivity index (χ0) is 23.5. The predicted molar refractivity (Wildman–Crippen MR) is 109 cm³/mol. The van der Waals surface area contributed by atoms with Gasteiger partial charge in [0.2, 0.25) is 0 Å². The number of hydrogen-bond donors (Lipinski definition) is 3. The molecule has 1 heterocycles. The number of amides is 2. The van der Waals surface area contributed by atoms with Gasteiger partial charge < -0.3 is 15.6 Å². The molecule has 2 rings (SSSR count). The van der Waals surface area contributed by atoms with Gasteiger partial charge in [0.1, 0.15) is 11.4 Å². The van der Waals surface area contributed by atoms with Crippen LogP contribution in [0.4, 0.5) is 18.9 Å². The topological polar surface area (TPSA) is 113 Å². The Labute approximate surface area is 183 Å². The van der Waals surface area contributed by atoms with Crippen LogP contribution < -0.4 is 21.9 Å². The summed E-state index contributed by atoms with van der Waals surface area (Å²) in [7, 11) is 0.978. The Morgan fingerprint density at radius 1 is 1.19 bits per heavy atom. The van der Waals surface area contributed by atoms with Gasteiger partial charge >= 0.3 is 17.8 Å². The number of hydrogen-bond acceptors (Lipinski definition) is 4. The lowest BCUT2D eigenvalue weighted by Gasteiger charge is -2.16. The van der Waals surface area contributed by atoms with Crippen molar-refractivity contribution in [1.82, 2.24) is 14.9 Å². The van der Waals surface area contributed by atoms with E-state index in [4.69, 9.17) is 23.2 Å². The Kier molecular flexibility index (Phi) is 7.55. The molecule has 0 saturated carbocycles. The fraction of sp³-hybridized carbons (Fsp3) is 0.333. The number of nitrogens with zero attached hydrogens (tertiary/aromatic N) is 1. The van der Waals surface area contributed by atoms with Crippen molar-refractivity contribution in [2.45, 2.75) is 32.0 Å². The van der Waals surface area contributed by atoms with Crippen LogP contribution in [0.25, 0.3) is 0 Å². The molecule has 0 spiro atoms. The summed E-state index contributed by atoms with van der Waals surface area (Å²) in [6, 6.07) is 4.50. The molecule has 0 saturated heterocycles. The molecule has 0 aliphatic carbocycles. The van der Waals surface area contributed by atoms with Crippen LogP contribution >= 0.6 is 23.2 Å². The van der Waals surface area contributed by atoms with Gasteiger partial charge in [-0.15, -0.1) is 0 Å². The SMILES string of the molecule is CC(CCc1ccc(Cl)c(Cl)c1)NC(=O)c1[nH]c(=O)n(C)c(=O)c1NC(=O)C(F)(F)F. The number of halogens is 5. The number of aromatic nitrogens is 2. The predicted octanol–water partition coefficient (Wildman–Crippen LogP) is 2.63. The van der Waals surface area contributed by atoms with Crippen molar-refractivity contribution in [2.24, 2.45) is 7.05 Å². The van der Waals surface area contributed by atoms with Gasteiger partial charge in [0.05, 0.1) is 10.0 Å². The largest absolute Gasteiger partial charge is 0.471 e. The lowest BCUT2D eigenvalue weighted by Crippen LogP contribution is -2.43. The van der Waals surface area contributed by atoms with Crippen LogP contribution in [-0.4, -0.2) is 33.6 Å². The van der Waals surface area contributed by atoms with Gasteiger partial charge in [-0.3, -0.25) is 19.0 Å². The van der Waals surface area contributed by atoms with E-state index in [1.54, 1.807) is 25.1 Å². The number of carbonyl (C=O) groups is 2. The maximum absolute atomic E-state index is 12.6. The summed E-state index contributed by atoms with van der Waals surface area (Å²) in [5, 5.41) is 4.57. The number of alkyl halides is 3. The lowest BCUT2D eigenvalue weighted by atomic mass is 10.1. The smallest absolute Gasteiger partial charge is 0.348 e. The van der Waals surface area contributed by atoms with Gasteiger partial charge in [-0.1, -0.05) is 29.3 Å². The van der Waals surface area contributed by atoms with Crippen LogP contribution in [0.15, 0.2) is 27.8 Å². The number of aromatic amines is 1. The molecule has 1 aromatic carbocycles. The highest BCUT2D eigenvalue weighted by molar-refractivity contribution is 6.42. The van der Waals surface area contributed by atoms with Crippen molar-refractivity contribution in [2.75, 3.05) is 5.32 Å². The van der Waals surface area contributed by atoms with Gasteiger partial charge in [-0.05, 0) is 37.5 Å². The molecule has 168 valence electrons. The minimum absolute atomic E-state index is 0.360. The molecule has 0 bridgehead atoms. The molecule has 0 aliphatic heterocycles. The van der Waals surface area contributed by atoms with Crippen LogP contribution in [0.3, 0.4) is 0 Å². The Morgan fingerprint density at radius 3 is 2.42 bits per heavy atom. The Hall–Kier alpha value is -2.79. The van der Waals surface area contributed by atoms with Crippen molar-refractivity contribution in [3.8, 4) is 0 Å². The summed E-state index contributed by atoms with van der Waals surface area (Å²) < 4.78 is 38.2. The second kappa shape index (κ2) is 9.56. The number of H-pyrrole nitrogens is 1. The zero-order valence-corrected chi connectivity index (χ0v) is 17.7. The molecule has 8 nitrogen and oxygen atoms in total. The Balaban J connectivity index is 2.21. The average Bonchev–Trinajstić information content (AvgIpc) is 2.68. The summed E-state index contributed by atoms with van der Waals surface area (Å²) >= 11 is 11.8. The van der Waals surface area contributed by atoms with E-state index in [0.29, 0.717) is 27.5 Å². The highest BCUT2D eigenvalue weighted by Crippen LogP contribution is 2.23. The fourth-order valence-corrected chi connectivity index (χ4v) is 2.86. The third kappa shape index (κ3) is 6.11. The average molecular weight is 481 g/mol. The highest BCUT2D eigenvalue weighted by atomic mass is 35.5. The zero-order valence-electron chi connectivity index (χ0n) is 16.2. The van der Waals surface area contributed by atoms with Crippen molar-refractivity contribution in [1.29, 1.82) is 0 Å². The summed E-state index contributed by atoms with van der Waals surface area (Å²) in [6.07, 6.45) is -4.44. The first kappa shape index (κ1) is 24.5. The molecule has 1 unspecified atom stereocenters. The summed E-state index contributed by atoms with van der Waals surface area (Å²) in [5.74, 6) is -3.49. The van der Waals surface area contributed by atoms with Crippen molar-refractivity contribution >= 4 is 40.7 Å². The molecule has 31 heavy (non-hydrogen) atoms. The molecule has 1 aromatic heterocycles. The maximum Gasteiger partial charge on any atom is 0.471 e. The molecule has 0 aliphatic rings. The third-order valence-corrected chi connectivity index (χ3v) is 4.99. The van der Waals surface area contributed by atoms with Gasteiger partial charge in [0, 0.05) is 13.1 Å². The summed E-state index contributed by atoms with van der Waals surface area (Å²) in [6.45, 7) is 1.61. The number of anilines is 1. The molecule has 2 amide bonds. The van der Waals surface area contributed by atoms with Gasteiger partial charge in [-0.2, -0.15) is 13.2 Å². The molecule has 0 fully saturated rings. The molecule has 3 N–H and O–H groups in total. The lowest BCUT2D eigenvalue weighted by molar-refractivity contribution is -0.167. The molecule has 1 atom stereocenters. The van der Waals surface area contributed by atoms with E-state index in [2.05, 4.69) is 5.32 Å². The van der Waals surface area contributed by atoms with Crippen LogP contribution in [0.1, 0.15) is 29.4 Å². The van der Waals surface area contributed by atoms with Gasteiger partial charge in [0.15, 0.2) is 0 Å². The van der Waals surface area contributed by atoms with Gasteiger partial charge in [0.25, 0.3) is 11.5 Å². The van der Waals surface area contributed by atoms with E-state index >= 15 is 0 Å². The van der Waals surface area contributed by atoms with Crippen molar-refractivity contribution in [3.63, 3.8) is 0 Å². The van der Waals surface area contributed by atoms with E-state index in [1.165, 1.54) is 5.32 Å². The Morgan fingerprint density at radius 2 is 1.84 bits per heavy atom. The number of aryl methyl sites for hydroxylation is 1. The van der Waals surface area contributed by atoms with E-state index in [-0.39, 0.29) is 0 Å². The minimum atomic E-state index is -5.30. The van der Waals surface area contributed by atoms with E-state index < -0.39 is 46.7 Å². The van der Waals surface area contributed by atoms with Crippen LogP contribution in [-0.2, 0) is 18.3 Å². The quantitative estimate of drug-likeness (QED) is 0.589. The second-order valence-electron chi connectivity index (χ2n) is 6.66. The molecule has 2 aromatic rings. The first-order chi connectivity index (χ1) is 14.3. The van der Waals surface area contributed by atoms with E-state index in [0.717, 1.165) is 12.6 Å². The standard InChI is InChI=1S/C18H17Cl2F3N4O4/c1-8(3-4-9-5-6-10(19)11(20)7-9)24-14(28)12-13(25-16(30)18(21,22)23)15(29)27(2)17(31)26-12/h5-8H,3-4H2,1-2H3,(H,24,28)(H,25,30)(H,26,31). The van der Waals surface area contributed by atoms with Crippen LogP contribution in [0.2, 0.25) is 10.0 Å². The van der Waals surface area contributed by atoms with Gasteiger partial charge in [-0.25, -0.2) is 4.79 Å². The van der Waals surface area contributed by atoms with Crippen molar-refractivity contribution < 1.29 is 22.8 Å². The second-order valence-corrected chi connectivity index (χ2v) is 7.47. The first-order valence-corrected chi connectivity index (χ1v) is 9.53.